The first-order valence-electron chi connectivity index (χ1n) is 5.01. The number of nitrogens with one attached hydrogen (secondary N) is 1. The summed E-state index contributed by atoms with van der Waals surface area (Å²) in [4.78, 5) is 0. The molecule has 1 aromatic carbocycles. The zero-order chi connectivity index (χ0) is 10.0. The lowest BCUT2D eigenvalue weighted by atomic mass is 9.87. The number of rotatable bonds is 1. The van der Waals surface area contributed by atoms with E-state index in [2.05, 4.69) is 30.4 Å². The highest BCUT2D eigenvalue weighted by Crippen LogP contribution is 2.31. The second-order valence-corrected chi connectivity index (χ2v) is 3.86. The highest BCUT2D eigenvalue weighted by molar-refractivity contribution is 5.38. The molecule has 1 saturated heterocycles. The molecule has 0 saturated carbocycles. The van der Waals surface area contributed by atoms with Crippen molar-refractivity contribution in [3.05, 3.63) is 35.4 Å². The van der Waals surface area contributed by atoms with Crippen LogP contribution in [0.25, 0.3) is 0 Å². The van der Waals surface area contributed by atoms with Crippen LogP contribution in [-0.4, -0.2) is 6.54 Å². The summed E-state index contributed by atoms with van der Waals surface area (Å²) in [5, 5.41) is 12.6. The molecule has 72 valence electrons. The molecule has 2 nitrogen and oxygen atoms in total. The van der Waals surface area contributed by atoms with E-state index in [1.807, 2.05) is 12.1 Å². The van der Waals surface area contributed by atoms with Crippen molar-refractivity contribution < 1.29 is 0 Å². The highest BCUT2D eigenvalue weighted by Gasteiger charge is 2.36. The number of nitriles is 1. The van der Waals surface area contributed by atoms with Gasteiger partial charge < -0.3 is 0 Å². The maximum atomic E-state index is 9.28. The first kappa shape index (κ1) is 9.23. The Morgan fingerprint density at radius 3 is 2.79 bits per heavy atom. The lowest BCUT2D eigenvalue weighted by Gasteiger charge is -2.23. The van der Waals surface area contributed by atoms with E-state index in [0.29, 0.717) is 0 Å². The molecule has 1 atom stereocenters. The van der Waals surface area contributed by atoms with E-state index in [9.17, 15) is 5.26 Å². The maximum absolute atomic E-state index is 9.28. The molecule has 1 aromatic rings. The van der Waals surface area contributed by atoms with Crippen LogP contribution >= 0.6 is 0 Å². The minimum atomic E-state index is -0.425. The molecule has 1 fully saturated rings. The average molecular weight is 186 g/mol. The number of benzene rings is 1. The molecule has 0 aromatic heterocycles. The van der Waals surface area contributed by atoms with Gasteiger partial charge in [0.2, 0.25) is 0 Å². The van der Waals surface area contributed by atoms with Gasteiger partial charge >= 0.3 is 0 Å². The Balaban J connectivity index is 2.47. The number of nitrogens with zero attached hydrogens (tertiary/aromatic N) is 1. The molecule has 1 N–H and O–H groups in total. The summed E-state index contributed by atoms with van der Waals surface area (Å²) in [6.45, 7) is 3.01. The molecule has 0 aliphatic carbocycles. The predicted molar refractivity (Wildman–Crippen MR) is 55.7 cm³/mol. The van der Waals surface area contributed by atoms with Crippen molar-refractivity contribution in [3.63, 3.8) is 0 Å². The summed E-state index contributed by atoms with van der Waals surface area (Å²) in [7, 11) is 0. The topological polar surface area (TPSA) is 35.8 Å². The SMILES string of the molecule is Cc1ccccc1C1(C#N)CCCN1. The van der Waals surface area contributed by atoms with Crippen LogP contribution in [0, 0.1) is 18.3 Å². The fourth-order valence-electron chi connectivity index (χ4n) is 2.18. The Hall–Kier alpha value is -1.33. The van der Waals surface area contributed by atoms with Crippen LogP contribution in [0.3, 0.4) is 0 Å². The molecular weight excluding hydrogens is 172 g/mol. The van der Waals surface area contributed by atoms with Gasteiger partial charge in [0.25, 0.3) is 0 Å². The Morgan fingerprint density at radius 2 is 2.21 bits per heavy atom. The first-order chi connectivity index (χ1) is 6.78. The van der Waals surface area contributed by atoms with Crippen molar-refractivity contribution in [1.82, 2.24) is 5.32 Å². The van der Waals surface area contributed by atoms with Gasteiger partial charge in [-0.05, 0) is 37.4 Å². The highest BCUT2D eigenvalue weighted by atomic mass is 15.0. The molecule has 1 aliphatic rings. The fourth-order valence-corrected chi connectivity index (χ4v) is 2.18. The zero-order valence-electron chi connectivity index (χ0n) is 8.38. The zero-order valence-corrected chi connectivity index (χ0v) is 8.38. The Kier molecular flexibility index (Phi) is 2.26. The van der Waals surface area contributed by atoms with Crippen LogP contribution in [0.5, 0.6) is 0 Å². The van der Waals surface area contributed by atoms with Gasteiger partial charge in [0.1, 0.15) is 5.54 Å². The number of hydrogen-bond acceptors (Lipinski definition) is 2. The molecule has 2 rings (SSSR count). The van der Waals surface area contributed by atoms with Crippen LogP contribution in [-0.2, 0) is 5.54 Å². The lowest BCUT2D eigenvalue weighted by Crippen LogP contribution is -2.35. The summed E-state index contributed by atoms with van der Waals surface area (Å²) < 4.78 is 0. The summed E-state index contributed by atoms with van der Waals surface area (Å²) in [6, 6.07) is 10.6. The first-order valence-corrected chi connectivity index (χ1v) is 5.01. The van der Waals surface area contributed by atoms with E-state index in [0.717, 1.165) is 24.9 Å². The summed E-state index contributed by atoms with van der Waals surface area (Å²) in [5.74, 6) is 0. The Labute approximate surface area is 84.6 Å². The van der Waals surface area contributed by atoms with Gasteiger partial charge in [-0.1, -0.05) is 24.3 Å². The molecule has 2 heteroatoms. The Morgan fingerprint density at radius 1 is 1.43 bits per heavy atom. The maximum Gasteiger partial charge on any atom is 0.132 e. The third kappa shape index (κ3) is 1.30. The standard InChI is InChI=1S/C12H14N2/c1-10-5-2-3-6-11(10)12(9-13)7-4-8-14-12/h2-3,5-6,14H,4,7-8H2,1H3. The molecule has 1 heterocycles. The van der Waals surface area contributed by atoms with Gasteiger partial charge in [-0.2, -0.15) is 5.26 Å². The molecule has 14 heavy (non-hydrogen) atoms. The number of aryl methyl sites for hydroxylation is 1. The van der Waals surface area contributed by atoms with Crippen molar-refractivity contribution in [2.75, 3.05) is 6.54 Å². The van der Waals surface area contributed by atoms with Crippen LogP contribution in [0.2, 0.25) is 0 Å². The predicted octanol–water partition coefficient (Wildman–Crippen LogP) is 2.10. The van der Waals surface area contributed by atoms with Crippen molar-refractivity contribution in [2.45, 2.75) is 25.3 Å². The molecule has 0 spiro atoms. The minimum absolute atomic E-state index is 0.425. The van der Waals surface area contributed by atoms with Gasteiger partial charge in [0.05, 0.1) is 6.07 Å². The third-order valence-corrected chi connectivity index (χ3v) is 2.95. The average Bonchev–Trinajstić information content (AvgIpc) is 2.68. The Bertz CT molecular complexity index is 370. The van der Waals surface area contributed by atoms with Crippen LogP contribution < -0.4 is 5.32 Å². The molecule has 0 radical (unpaired) electrons. The second-order valence-electron chi connectivity index (χ2n) is 3.86. The van der Waals surface area contributed by atoms with Crippen molar-refractivity contribution in [2.24, 2.45) is 0 Å². The van der Waals surface area contributed by atoms with Crippen LogP contribution in [0.1, 0.15) is 24.0 Å². The minimum Gasteiger partial charge on any atom is -0.296 e. The van der Waals surface area contributed by atoms with E-state index in [1.165, 1.54) is 5.56 Å². The van der Waals surface area contributed by atoms with Gasteiger partial charge in [-0.3, -0.25) is 5.32 Å². The summed E-state index contributed by atoms with van der Waals surface area (Å²) in [6.07, 6.45) is 2.01. The monoisotopic (exact) mass is 186 g/mol. The summed E-state index contributed by atoms with van der Waals surface area (Å²) >= 11 is 0. The van der Waals surface area contributed by atoms with Crippen molar-refractivity contribution in [1.29, 1.82) is 5.26 Å². The molecular formula is C12H14N2. The van der Waals surface area contributed by atoms with E-state index in [-0.39, 0.29) is 0 Å². The van der Waals surface area contributed by atoms with Crippen molar-refractivity contribution in [3.8, 4) is 6.07 Å². The van der Waals surface area contributed by atoms with Gasteiger partial charge in [0, 0.05) is 0 Å². The third-order valence-electron chi connectivity index (χ3n) is 2.95. The molecule has 1 aliphatic heterocycles. The molecule has 1 unspecified atom stereocenters. The van der Waals surface area contributed by atoms with E-state index in [1.54, 1.807) is 0 Å². The largest absolute Gasteiger partial charge is 0.296 e. The molecule has 0 amide bonds. The fraction of sp³-hybridized carbons (Fsp3) is 0.417. The number of hydrogen-bond donors (Lipinski definition) is 1. The summed E-state index contributed by atoms with van der Waals surface area (Å²) in [5.41, 5.74) is 1.91. The van der Waals surface area contributed by atoms with E-state index < -0.39 is 5.54 Å². The molecule has 0 bridgehead atoms. The van der Waals surface area contributed by atoms with E-state index in [4.69, 9.17) is 0 Å². The van der Waals surface area contributed by atoms with Crippen LogP contribution in [0.15, 0.2) is 24.3 Å². The lowest BCUT2D eigenvalue weighted by molar-refractivity contribution is 0.507. The smallest absolute Gasteiger partial charge is 0.132 e. The van der Waals surface area contributed by atoms with Crippen molar-refractivity contribution >= 4 is 0 Å². The van der Waals surface area contributed by atoms with E-state index >= 15 is 0 Å². The van der Waals surface area contributed by atoms with Gasteiger partial charge in [-0.15, -0.1) is 0 Å². The second kappa shape index (κ2) is 3.43. The van der Waals surface area contributed by atoms with Gasteiger partial charge in [0.15, 0.2) is 0 Å². The normalized spacial score (nSPS) is 26.0. The quantitative estimate of drug-likeness (QED) is 0.729. The van der Waals surface area contributed by atoms with Gasteiger partial charge in [-0.25, -0.2) is 0 Å². The van der Waals surface area contributed by atoms with Crippen LogP contribution in [0.4, 0.5) is 0 Å².